The minimum absolute atomic E-state index is 0. The standard InChI is InChI=1S/C4H9.C3H8N.H2N.Ta/c1-4(2)3;1-3-4-2;;/h1-3H3;3H2,1-2H3;1H2;/q3*-1;. The van der Waals surface area contributed by atoms with Gasteiger partial charge in [0.2, 0.25) is 0 Å². The first-order chi connectivity index (χ1) is 3.65. The molecule has 1 radical (unpaired) electrons. The minimum Gasteiger partial charge on any atom is -0.693 e. The Morgan fingerprint density at radius 2 is 1.30 bits per heavy atom. The van der Waals surface area contributed by atoms with Crippen molar-refractivity contribution < 1.29 is 22.4 Å². The van der Waals surface area contributed by atoms with Crippen molar-refractivity contribution in [2.45, 2.75) is 27.7 Å². The van der Waals surface area contributed by atoms with Gasteiger partial charge in [0.15, 0.2) is 0 Å². The van der Waals surface area contributed by atoms with Crippen LogP contribution in [0, 0.1) is 5.92 Å². The topological polar surface area (TPSA) is 47.6 Å². The molecule has 0 unspecified atom stereocenters. The summed E-state index contributed by atoms with van der Waals surface area (Å²) in [4.78, 5) is 0. The quantitative estimate of drug-likeness (QED) is 0.667. The Bertz CT molecular complexity index is 28.0. The van der Waals surface area contributed by atoms with E-state index < -0.39 is 0 Å². The first-order valence-corrected chi connectivity index (χ1v) is 2.97. The third-order valence-electron chi connectivity index (χ3n) is 0.316. The van der Waals surface area contributed by atoms with Crippen molar-refractivity contribution in [2.75, 3.05) is 13.6 Å². The molecule has 0 bridgehead atoms. The maximum atomic E-state index is 3.74. The zero-order chi connectivity index (χ0) is 6.99. The van der Waals surface area contributed by atoms with E-state index in [9.17, 15) is 0 Å². The summed E-state index contributed by atoms with van der Waals surface area (Å²) in [6.45, 7) is 9.21. The Labute approximate surface area is 81.3 Å². The summed E-state index contributed by atoms with van der Waals surface area (Å²) < 4.78 is 0. The van der Waals surface area contributed by atoms with Gasteiger partial charge >= 0.3 is 0 Å². The number of nitrogens with zero attached hydrogens (tertiary/aromatic N) is 1. The average molecular weight is 312 g/mol. The molecule has 2 N–H and O–H groups in total. The van der Waals surface area contributed by atoms with Crippen LogP contribution in [0.1, 0.15) is 27.7 Å². The van der Waals surface area contributed by atoms with Gasteiger partial charge in [-0.15, -0.1) is 0 Å². The smallest absolute Gasteiger partial charge is 0 e. The molecule has 65 valence electrons. The van der Waals surface area contributed by atoms with Gasteiger partial charge < -0.3 is 17.4 Å². The van der Waals surface area contributed by atoms with Crippen LogP contribution in [-0.2, 0) is 22.4 Å². The molecule has 0 saturated carbocycles. The fourth-order valence-electron chi connectivity index (χ4n) is 0. The second-order valence-electron chi connectivity index (χ2n) is 2.13. The molecule has 0 saturated heterocycles. The van der Waals surface area contributed by atoms with E-state index in [1.54, 1.807) is 7.05 Å². The van der Waals surface area contributed by atoms with E-state index in [4.69, 9.17) is 0 Å². The molecule has 0 fully saturated rings. The van der Waals surface area contributed by atoms with Crippen LogP contribution < -0.4 is 0 Å². The van der Waals surface area contributed by atoms with Gasteiger partial charge in [0, 0.05) is 22.4 Å². The van der Waals surface area contributed by atoms with Crippen LogP contribution in [0.15, 0.2) is 0 Å². The Hall–Kier alpha value is 0.660. The predicted octanol–water partition coefficient (Wildman–Crippen LogP) is 3.34. The summed E-state index contributed by atoms with van der Waals surface area (Å²) in [5, 5.41) is 3.74. The Balaban J connectivity index is -0.0000000300. The maximum absolute atomic E-state index is 3.74. The number of nitrogens with two attached hydrogens (primary N) is 1. The van der Waals surface area contributed by atoms with Gasteiger partial charge in [-0.3, -0.25) is 0 Å². The molecular weight excluding hydrogens is 293 g/mol. The second kappa shape index (κ2) is 22.6. The molecule has 0 amide bonds. The molecule has 0 aliphatic rings. The predicted molar refractivity (Wildman–Crippen MR) is 45.4 cm³/mol. The second-order valence-corrected chi connectivity index (χ2v) is 2.13. The molecule has 0 aliphatic heterocycles. The van der Waals surface area contributed by atoms with E-state index in [1.807, 2.05) is 6.92 Å². The van der Waals surface area contributed by atoms with Crippen LogP contribution in [0.3, 0.4) is 0 Å². The minimum atomic E-state index is 0. The van der Waals surface area contributed by atoms with Gasteiger partial charge in [0.05, 0.1) is 0 Å². The molecule has 10 heavy (non-hydrogen) atoms. The van der Waals surface area contributed by atoms with Gasteiger partial charge in [-0.2, -0.15) is 34.4 Å². The summed E-state index contributed by atoms with van der Waals surface area (Å²) in [5.41, 5.74) is 0. The summed E-state index contributed by atoms with van der Waals surface area (Å²) in [6.07, 6.45) is 0. The van der Waals surface area contributed by atoms with Crippen molar-refractivity contribution in [3.05, 3.63) is 17.4 Å². The summed E-state index contributed by atoms with van der Waals surface area (Å²) in [5.74, 6) is 1.42. The number of hydrogen-bond acceptors (Lipinski definition) is 0. The summed E-state index contributed by atoms with van der Waals surface area (Å²) in [7, 11) is 1.81. The van der Waals surface area contributed by atoms with E-state index in [0.717, 1.165) is 6.54 Å². The molecule has 0 aromatic rings. The van der Waals surface area contributed by atoms with E-state index in [0.29, 0.717) is 0 Å². The Morgan fingerprint density at radius 3 is 1.30 bits per heavy atom. The third kappa shape index (κ3) is 184. The number of rotatable bonds is 1. The molecule has 0 aromatic heterocycles. The normalized spacial score (nSPS) is 6.60. The van der Waals surface area contributed by atoms with Crippen LogP contribution in [0.2, 0.25) is 0 Å². The van der Waals surface area contributed by atoms with Gasteiger partial charge in [-0.05, 0) is 0 Å². The number of hydrogen-bond donors (Lipinski definition) is 0. The molecule has 0 aromatic carbocycles. The van der Waals surface area contributed by atoms with Gasteiger partial charge in [0.25, 0.3) is 0 Å². The first-order valence-electron chi connectivity index (χ1n) is 2.97. The summed E-state index contributed by atoms with van der Waals surface area (Å²) >= 11 is 0. The molecular formula is C7H19N2Ta-3. The summed E-state index contributed by atoms with van der Waals surface area (Å²) in [6, 6.07) is 0. The van der Waals surface area contributed by atoms with Crippen molar-refractivity contribution in [3.8, 4) is 0 Å². The first kappa shape index (κ1) is 22.4. The third-order valence-corrected chi connectivity index (χ3v) is 0.316. The fraction of sp³-hybridized carbons (Fsp3) is 0.857. The van der Waals surface area contributed by atoms with Crippen molar-refractivity contribution in [1.82, 2.24) is 0 Å². The van der Waals surface area contributed by atoms with Gasteiger partial charge in [-0.1, -0.05) is 6.92 Å². The zero-order valence-corrected chi connectivity index (χ0v) is 10.9. The van der Waals surface area contributed by atoms with E-state index in [1.165, 1.54) is 5.92 Å². The Kier molecular flexibility index (Phi) is 50.7. The van der Waals surface area contributed by atoms with Crippen LogP contribution in [-0.4, -0.2) is 13.6 Å². The molecule has 0 heterocycles. The van der Waals surface area contributed by atoms with Crippen LogP contribution in [0.25, 0.3) is 11.5 Å². The average Bonchev–Trinajstić information content (AvgIpc) is 1.65. The van der Waals surface area contributed by atoms with Crippen molar-refractivity contribution in [3.63, 3.8) is 0 Å². The molecule has 0 atom stereocenters. The maximum Gasteiger partial charge on any atom is 0 e. The van der Waals surface area contributed by atoms with Crippen molar-refractivity contribution in [1.29, 1.82) is 0 Å². The monoisotopic (exact) mass is 312 g/mol. The van der Waals surface area contributed by atoms with Crippen LogP contribution in [0.5, 0.6) is 0 Å². The molecule has 0 spiro atoms. The SMILES string of the molecule is CC[N-]C.C[C-](C)C.[NH2-].[Ta]. The molecule has 3 heteroatoms. The van der Waals surface area contributed by atoms with Crippen molar-refractivity contribution >= 4 is 0 Å². The van der Waals surface area contributed by atoms with Crippen LogP contribution in [0.4, 0.5) is 0 Å². The van der Waals surface area contributed by atoms with Crippen LogP contribution >= 0.6 is 0 Å². The van der Waals surface area contributed by atoms with E-state index >= 15 is 0 Å². The van der Waals surface area contributed by atoms with E-state index in [-0.39, 0.29) is 28.5 Å². The van der Waals surface area contributed by atoms with Gasteiger partial charge in [-0.25, -0.2) is 0 Å². The molecule has 0 rings (SSSR count). The fourth-order valence-corrected chi connectivity index (χ4v) is 0. The molecule has 2 nitrogen and oxygen atoms in total. The van der Waals surface area contributed by atoms with Crippen molar-refractivity contribution in [2.24, 2.45) is 0 Å². The zero-order valence-electron chi connectivity index (χ0n) is 7.68. The Morgan fingerprint density at radius 1 is 1.20 bits per heavy atom. The van der Waals surface area contributed by atoms with Gasteiger partial charge in [0.1, 0.15) is 0 Å². The molecule has 0 aliphatic carbocycles. The van der Waals surface area contributed by atoms with E-state index in [2.05, 4.69) is 26.1 Å². The largest absolute Gasteiger partial charge is 0.693 e.